The standard InChI is InChI=1S/C12H16N2O2S/c1-9(2)10(3)14-17(15,16)12-6-4-11(8-13)5-7-12/h4-7,9-10,14H,1-3H3/t10-/m1/s1. The van der Waals surface area contributed by atoms with Gasteiger partial charge in [-0.05, 0) is 37.1 Å². The Morgan fingerprint density at radius 1 is 1.18 bits per heavy atom. The molecule has 1 rings (SSSR count). The third-order valence-electron chi connectivity index (χ3n) is 2.63. The number of nitrogens with zero attached hydrogens (tertiary/aromatic N) is 1. The lowest BCUT2D eigenvalue weighted by atomic mass is 10.1. The second kappa shape index (κ2) is 5.30. The zero-order valence-electron chi connectivity index (χ0n) is 10.1. The van der Waals surface area contributed by atoms with Crippen molar-refractivity contribution in [2.24, 2.45) is 5.92 Å². The van der Waals surface area contributed by atoms with Gasteiger partial charge in [0.25, 0.3) is 0 Å². The molecule has 0 aliphatic rings. The molecular formula is C12H16N2O2S. The zero-order chi connectivity index (χ0) is 13.1. The molecule has 0 bridgehead atoms. The molecule has 1 atom stereocenters. The number of nitriles is 1. The van der Waals surface area contributed by atoms with Gasteiger partial charge < -0.3 is 0 Å². The molecule has 0 saturated heterocycles. The molecule has 1 aromatic carbocycles. The van der Waals surface area contributed by atoms with Crippen molar-refractivity contribution in [3.8, 4) is 6.07 Å². The first kappa shape index (κ1) is 13.7. The van der Waals surface area contributed by atoms with E-state index in [-0.39, 0.29) is 16.9 Å². The number of nitrogens with one attached hydrogen (secondary N) is 1. The van der Waals surface area contributed by atoms with Crippen molar-refractivity contribution in [2.75, 3.05) is 0 Å². The van der Waals surface area contributed by atoms with Crippen LogP contribution >= 0.6 is 0 Å². The van der Waals surface area contributed by atoms with E-state index in [2.05, 4.69) is 4.72 Å². The van der Waals surface area contributed by atoms with Crippen LogP contribution in [-0.4, -0.2) is 14.5 Å². The van der Waals surface area contributed by atoms with E-state index in [0.717, 1.165) is 0 Å². The van der Waals surface area contributed by atoms with Crippen molar-refractivity contribution >= 4 is 10.0 Å². The van der Waals surface area contributed by atoms with Crippen molar-refractivity contribution in [2.45, 2.75) is 31.7 Å². The summed E-state index contributed by atoms with van der Waals surface area (Å²) in [6.45, 7) is 5.73. The number of sulfonamides is 1. The normalized spacial score (nSPS) is 13.4. The Balaban J connectivity index is 2.94. The number of rotatable bonds is 4. The first-order valence-electron chi connectivity index (χ1n) is 5.39. The van der Waals surface area contributed by atoms with E-state index in [9.17, 15) is 8.42 Å². The molecule has 0 saturated carbocycles. The van der Waals surface area contributed by atoms with Crippen LogP contribution in [0.2, 0.25) is 0 Å². The molecule has 0 amide bonds. The summed E-state index contributed by atoms with van der Waals surface area (Å²) in [6, 6.07) is 7.69. The quantitative estimate of drug-likeness (QED) is 0.889. The highest BCUT2D eigenvalue weighted by Gasteiger charge is 2.18. The molecule has 0 aliphatic heterocycles. The summed E-state index contributed by atoms with van der Waals surface area (Å²) in [6.07, 6.45) is 0. The van der Waals surface area contributed by atoms with Crippen molar-refractivity contribution in [1.82, 2.24) is 4.72 Å². The monoisotopic (exact) mass is 252 g/mol. The van der Waals surface area contributed by atoms with Crippen LogP contribution in [0.15, 0.2) is 29.2 Å². The fourth-order valence-corrected chi connectivity index (χ4v) is 2.55. The van der Waals surface area contributed by atoms with Crippen LogP contribution in [0.3, 0.4) is 0 Å². The Morgan fingerprint density at radius 2 is 1.71 bits per heavy atom. The van der Waals surface area contributed by atoms with E-state index in [1.165, 1.54) is 24.3 Å². The van der Waals surface area contributed by atoms with Gasteiger partial charge in [0.05, 0.1) is 16.5 Å². The summed E-state index contributed by atoms with van der Waals surface area (Å²) in [5, 5.41) is 8.63. The minimum Gasteiger partial charge on any atom is -0.208 e. The molecule has 0 fully saturated rings. The molecule has 0 heterocycles. The lowest BCUT2D eigenvalue weighted by Gasteiger charge is -2.17. The summed E-state index contributed by atoms with van der Waals surface area (Å²) in [5.41, 5.74) is 0.445. The van der Waals surface area contributed by atoms with Gasteiger partial charge in [0.2, 0.25) is 10.0 Å². The predicted molar refractivity (Wildman–Crippen MR) is 65.8 cm³/mol. The Kier molecular flexibility index (Phi) is 4.27. The van der Waals surface area contributed by atoms with Crippen molar-refractivity contribution in [3.05, 3.63) is 29.8 Å². The number of hydrogen-bond donors (Lipinski definition) is 1. The van der Waals surface area contributed by atoms with Gasteiger partial charge in [0, 0.05) is 6.04 Å². The van der Waals surface area contributed by atoms with Crippen LogP contribution in [0.25, 0.3) is 0 Å². The minimum absolute atomic E-state index is 0.129. The molecular weight excluding hydrogens is 236 g/mol. The molecule has 0 aliphatic carbocycles. The molecule has 0 spiro atoms. The van der Waals surface area contributed by atoms with Gasteiger partial charge in [0.15, 0.2) is 0 Å². The minimum atomic E-state index is -3.49. The molecule has 92 valence electrons. The van der Waals surface area contributed by atoms with E-state index in [1.54, 1.807) is 0 Å². The van der Waals surface area contributed by atoms with Crippen LogP contribution in [0.1, 0.15) is 26.3 Å². The number of benzene rings is 1. The van der Waals surface area contributed by atoms with Gasteiger partial charge in [-0.25, -0.2) is 13.1 Å². The molecule has 1 aromatic rings. The van der Waals surface area contributed by atoms with Crippen molar-refractivity contribution in [3.63, 3.8) is 0 Å². The molecule has 5 heteroatoms. The van der Waals surface area contributed by atoms with Gasteiger partial charge >= 0.3 is 0 Å². The van der Waals surface area contributed by atoms with Gasteiger partial charge in [-0.1, -0.05) is 13.8 Å². The zero-order valence-corrected chi connectivity index (χ0v) is 11.0. The summed E-state index contributed by atoms with van der Waals surface area (Å²) in [7, 11) is -3.49. The smallest absolute Gasteiger partial charge is 0.208 e. The Bertz CT molecular complexity index is 512. The SMILES string of the molecule is CC(C)[C@@H](C)NS(=O)(=O)c1ccc(C#N)cc1. The predicted octanol–water partition coefficient (Wildman–Crippen LogP) is 1.88. The van der Waals surface area contributed by atoms with E-state index in [4.69, 9.17) is 5.26 Å². The number of hydrogen-bond acceptors (Lipinski definition) is 3. The lowest BCUT2D eigenvalue weighted by molar-refractivity contribution is 0.476. The van der Waals surface area contributed by atoms with Gasteiger partial charge in [0.1, 0.15) is 0 Å². The summed E-state index contributed by atoms with van der Waals surface area (Å²) in [5.74, 6) is 0.225. The fourth-order valence-electron chi connectivity index (χ4n) is 1.16. The summed E-state index contributed by atoms with van der Waals surface area (Å²) < 4.78 is 26.5. The Labute approximate surface area is 102 Å². The highest BCUT2D eigenvalue weighted by molar-refractivity contribution is 7.89. The molecule has 4 nitrogen and oxygen atoms in total. The topological polar surface area (TPSA) is 70.0 Å². The van der Waals surface area contributed by atoms with E-state index in [0.29, 0.717) is 5.56 Å². The largest absolute Gasteiger partial charge is 0.240 e. The maximum Gasteiger partial charge on any atom is 0.240 e. The van der Waals surface area contributed by atoms with E-state index >= 15 is 0 Å². The van der Waals surface area contributed by atoms with Gasteiger partial charge in [-0.15, -0.1) is 0 Å². The summed E-state index contributed by atoms with van der Waals surface area (Å²) in [4.78, 5) is 0.184. The average molecular weight is 252 g/mol. The molecule has 0 radical (unpaired) electrons. The van der Waals surface area contributed by atoms with Crippen LogP contribution in [0.5, 0.6) is 0 Å². The van der Waals surface area contributed by atoms with E-state index < -0.39 is 10.0 Å². The highest BCUT2D eigenvalue weighted by Crippen LogP contribution is 2.12. The van der Waals surface area contributed by atoms with Crippen molar-refractivity contribution in [1.29, 1.82) is 5.26 Å². The lowest BCUT2D eigenvalue weighted by Crippen LogP contribution is -2.36. The van der Waals surface area contributed by atoms with Gasteiger partial charge in [-0.3, -0.25) is 0 Å². The van der Waals surface area contributed by atoms with Crippen LogP contribution in [0, 0.1) is 17.2 Å². The highest BCUT2D eigenvalue weighted by atomic mass is 32.2. The maximum atomic E-state index is 12.0. The Hall–Kier alpha value is -1.38. The van der Waals surface area contributed by atoms with Gasteiger partial charge in [-0.2, -0.15) is 5.26 Å². The first-order valence-corrected chi connectivity index (χ1v) is 6.87. The molecule has 17 heavy (non-hydrogen) atoms. The molecule has 0 aromatic heterocycles. The fraction of sp³-hybridized carbons (Fsp3) is 0.417. The van der Waals surface area contributed by atoms with Crippen molar-refractivity contribution < 1.29 is 8.42 Å². The second-order valence-corrected chi connectivity index (χ2v) is 6.00. The van der Waals surface area contributed by atoms with Crippen LogP contribution < -0.4 is 4.72 Å². The molecule has 0 unspecified atom stereocenters. The molecule has 1 N–H and O–H groups in total. The van der Waals surface area contributed by atoms with Crippen LogP contribution in [0.4, 0.5) is 0 Å². The third kappa shape index (κ3) is 3.55. The average Bonchev–Trinajstić information content (AvgIpc) is 2.28. The van der Waals surface area contributed by atoms with Crippen LogP contribution in [-0.2, 0) is 10.0 Å². The summed E-state index contributed by atoms with van der Waals surface area (Å²) >= 11 is 0. The second-order valence-electron chi connectivity index (χ2n) is 4.29. The van der Waals surface area contributed by atoms with E-state index in [1.807, 2.05) is 26.8 Å². The maximum absolute atomic E-state index is 12.0. The third-order valence-corrected chi connectivity index (χ3v) is 4.21. The first-order chi connectivity index (χ1) is 7.86. The Morgan fingerprint density at radius 3 is 2.12 bits per heavy atom.